The van der Waals surface area contributed by atoms with Gasteiger partial charge in [0.25, 0.3) is 5.91 Å². The van der Waals surface area contributed by atoms with Gasteiger partial charge in [-0.3, -0.25) is 4.79 Å². The summed E-state index contributed by atoms with van der Waals surface area (Å²) < 4.78 is 29.2. The number of hydrogen-bond acceptors (Lipinski definition) is 4. The van der Waals surface area contributed by atoms with Crippen molar-refractivity contribution >= 4 is 35.3 Å². The van der Waals surface area contributed by atoms with E-state index in [9.17, 15) is 23.5 Å². The van der Waals surface area contributed by atoms with Crippen molar-refractivity contribution in [2.24, 2.45) is 0 Å². The number of allylic oxidation sites excluding steroid dienone is 1. The molecule has 3 aromatic carbocycles. The number of thioether (sulfide) groups is 1. The van der Waals surface area contributed by atoms with Gasteiger partial charge in [-0.15, -0.1) is 0 Å². The van der Waals surface area contributed by atoms with Gasteiger partial charge in [0.05, 0.1) is 6.33 Å². The van der Waals surface area contributed by atoms with Crippen LogP contribution in [0.15, 0.2) is 85.5 Å². The standard InChI is InChI=1S/C30H27F2N3O3S/c1-39-15-12-28(30(37)38)34-29(36)26-11-2-20(17-27(26)22-5-9-25(32)10-6-22)16-23(18-35-14-13-33-19-35)21-3-7-24(31)8-4-21/h2-11,13-14,16-17,19,28H,12,15,18H2,1H3,(H,34,36)(H,37,38)/t28-/m0/s1. The van der Waals surface area contributed by atoms with Crippen LogP contribution in [0.25, 0.3) is 22.8 Å². The molecule has 0 saturated heterocycles. The summed E-state index contributed by atoms with van der Waals surface area (Å²) in [6.45, 7) is 0.468. The fraction of sp³-hybridized carbons (Fsp3) is 0.167. The Hall–Kier alpha value is -4.24. The molecule has 9 heteroatoms. The highest BCUT2D eigenvalue weighted by atomic mass is 32.2. The van der Waals surface area contributed by atoms with Gasteiger partial charge in [0.2, 0.25) is 0 Å². The fourth-order valence-electron chi connectivity index (χ4n) is 4.11. The molecule has 1 heterocycles. The third kappa shape index (κ3) is 7.42. The fourth-order valence-corrected chi connectivity index (χ4v) is 4.58. The van der Waals surface area contributed by atoms with Crippen molar-refractivity contribution in [3.05, 3.63) is 114 Å². The monoisotopic (exact) mass is 547 g/mol. The van der Waals surface area contributed by atoms with Crippen molar-refractivity contribution < 1.29 is 23.5 Å². The Morgan fingerprint density at radius 2 is 1.74 bits per heavy atom. The number of carboxylic acid groups (broad SMARTS) is 1. The van der Waals surface area contributed by atoms with E-state index in [-0.39, 0.29) is 17.8 Å². The number of nitrogens with zero attached hydrogens (tertiary/aromatic N) is 2. The molecule has 1 aromatic heterocycles. The lowest BCUT2D eigenvalue weighted by Gasteiger charge is -2.17. The highest BCUT2D eigenvalue weighted by molar-refractivity contribution is 7.98. The van der Waals surface area contributed by atoms with Crippen LogP contribution in [-0.2, 0) is 11.3 Å². The number of aliphatic carboxylic acids is 1. The molecule has 4 rings (SSSR count). The molecule has 0 aliphatic heterocycles. The molecule has 1 amide bonds. The lowest BCUT2D eigenvalue weighted by Crippen LogP contribution is -2.41. The summed E-state index contributed by atoms with van der Waals surface area (Å²) in [5.74, 6) is -1.82. The Kier molecular flexibility index (Phi) is 9.27. The summed E-state index contributed by atoms with van der Waals surface area (Å²) in [7, 11) is 0. The minimum atomic E-state index is -1.11. The number of halogens is 2. The largest absolute Gasteiger partial charge is 0.480 e. The van der Waals surface area contributed by atoms with Crippen LogP contribution >= 0.6 is 11.8 Å². The minimum absolute atomic E-state index is 0.270. The topological polar surface area (TPSA) is 84.2 Å². The predicted molar refractivity (Wildman–Crippen MR) is 150 cm³/mol. The maximum atomic E-state index is 13.7. The molecule has 0 radical (unpaired) electrons. The maximum absolute atomic E-state index is 13.7. The van der Waals surface area contributed by atoms with Gasteiger partial charge in [-0.05, 0) is 88.7 Å². The molecule has 0 bridgehead atoms. The van der Waals surface area contributed by atoms with Crippen LogP contribution in [0.1, 0.15) is 27.9 Å². The maximum Gasteiger partial charge on any atom is 0.326 e. The number of aromatic nitrogens is 2. The molecule has 0 unspecified atom stereocenters. The summed E-state index contributed by atoms with van der Waals surface area (Å²) in [4.78, 5) is 29.1. The smallest absolute Gasteiger partial charge is 0.326 e. The molecule has 4 aromatic rings. The number of hydrogen-bond donors (Lipinski definition) is 2. The molecule has 0 aliphatic rings. The zero-order valence-electron chi connectivity index (χ0n) is 21.2. The zero-order chi connectivity index (χ0) is 27.8. The second kappa shape index (κ2) is 13.0. The molecule has 2 N–H and O–H groups in total. The SMILES string of the molecule is CSCC[C@H](NC(=O)c1ccc(C=C(Cn2ccnc2)c2ccc(F)cc2)cc1-c1ccc(F)cc1)C(=O)O. The molecule has 0 saturated carbocycles. The average molecular weight is 548 g/mol. The number of carboxylic acids is 1. The van der Waals surface area contributed by atoms with Crippen LogP contribution in [-0.4, -0.2) is 44.6 Å². The molecular weight excluding hydrogens is 520 g/mol. The number of carbonyl (C=O) groups excluding carboxylic acids is 1. The number of benzene rings is 3. The summed E-state index contributed by atoms with van der Waals surface area (Å²) >= 11 is 1.50. The average Bonchev–Trinajstić information content (AvgIpc) is 3.44. The van der Waals surface area contributed by atoms with Crippen molar-refractivity contribution in [2.75, 3.05) is 12.0 Å². The van der Waals surface area contributed by atoms with E-state index in [1.54, 1.807) is 55.0 Å². The molecule has 1 atom stereocenters. The zero-order valence-corrected chi connectivity index (χ0v) is 22.0. The molecule has 0 aliphatic carbocycles. The van der Waals surface area contributed by atoms with E-state index >= 15 is 0 Å². The number of amides is 1. The van der Waals surface area contributed by atoms with Crippen molar-refractivity contribution in [3.63, 3.8) is 0 Å². The van der Waals surface area contributed by atoms with Gasteiger partial charge >= 0.3 is 5.97 Å². The van der Waals surface area contributed by atoms with Crippen LogP contribution in [0, 0.1) is 11.6 Å². The van der Waals surface area contributed by atoms with Gasteiger partial charge in [-0.1, -0.05) is 30.3 Å². The summed E-state index contributed by atoms with van der Waals surface area (Å²) in [5.41, 5.74) is 3.84. The first-order valence-electron chi connectivity index (χ1n) is 12.2. The molecular formula is C30H27F2N3O3S. The van der Waals surface area contributed by atoms with Gasteiger partial charge in [-0.25, -0.2) is 18.6 Å². The molecule has 39 heavy (non-hydrogen) atoms. The van der Waals surface area contributed by atoms with E-state index in [4.69, 9.17) is 0 Å². The van der Waals surface area contributed by atoms with Gasteiger partial charge in [-0.2, -0.15) is 11.8 Å². The highest BCUT2D eigenvalue weighted by Gasteiger charge is 2.22. The van der Waals surface area contributed by atoms with Crippen LogP contribution in [0.4, 0.5) is 8.78 Å². The number of rotatable bonds is 11. The Labute approximate surface area is 229 Å². The van der Waals surface area contributed by atoms with Gasteiger partial charge < -0.3 is 15.0 Å². The first-order valence-corrected chi connectivity index (χ1v) is 13.6. The number of nitrogens with one attached hydrogen (secondary N) is 1. The quantitative estimate of drug-likeness (QED) is 0.225. The van der Waals surface area contributed by atoms with Crippen LogP contribution in [0.5, 0.6) is 0 Å². The second-order valence-corrected chi connectivity index (χ2v) is 9.85. The lowest BCUT2D eigenvalue weighted by molar-refractivity contribution is -0.139. The van der Waals surface area contributed by atoms with Crippen LogP contribution < -0.4 is 5.32 Å². The van der Waals surface area contributed by atoms with Gasteiger partial charge in [0.15, 0.2) is 0 Å². The Morgan fingerprint density at radius 3 is 2.36 bits per heavy atom. The Balaban J connectivity index is 1.76. The third-order valence-corrected chi connectivity index (χ3v) is 6.77. The number of imidazole rings is 1. The van der Waals surface area contributed by atoms with Crippen molar-refractivity contribution in [3.8, 4) is 11.1 Å². The van der Waals surface area contributed by atoms with Crippen LogP contribution in [0.2, 0.25) is 0 Å². The molecule has 0 fully saturated rings. The van der Waals surface area contributed by atoms with E-state index in [1.807, 2.05) is 23.1 Å². The van der Waals surface area contributed by atoms with E-state index in [1.165, 1.54) is 36.0 Å². The molecule has 200 valence electrons. The lowest BCUT2D eigenvalue weighted by atomic mass is 9.94. The van der Waals surface area contributed by atoms with E-state index in [0.717, 1.165) is 16.7 Å². The first kappa shape index (κ1) is 27.8. The van der Waals surface area contributed by atoms with Gasteiger partial charge in [0.1, 0.15) is 17.7 Å². The van der Waals surface area contributed by atoms with Gasteiger partial charge in [0, 0.05) is 24.5 Å². The Morgan fingerprint density at radius 1 is 1.05 bits per heavy atom. The predicted octanol–water partition coefficient (Wildman–Crippen LogP) is 6.01. The van der Waals surface area contributed by atoms with Crippen molar-refractivity contribution in [1.82, 2.24) is 14.9 Å². The van der Waals surface area contributed by atoms with Crippen molar-refractivity contribution in [1.29, 1.82) is 0 Å². The Bertz CT molecular complexity index is 1450. The minimum Gasteiger partial charge on any atom is -0.480 e. The third-order valence-electron chi connectivity index (χ3n) is 6.13. The summed E-state index contributed by atoms with van der Waals surface area (Å²) in [6.07, 6.45) is 9.26. The normalized spacial score (nSPS) is 12.2. The number of carbonyl (C=O) groups is 2. The first-order chi connectivity index (χ1) is 18.8. The van der Waals surface area contributed by atoms with E-state index < -0.39 is 23.7 Å². The van der Waals surface area contributed by atoms with Crippen LogP contribution in [0.3, 0.4) is 0 Å². The highest BCUT2D eigenvalue weighted by Crippen LogP contribution is 2.29. The van der Waals surface area contributed by atoms with E-state index in [0.29, 0.717) is 23.4 Å². The van der Waals surface area contributed by atoms with E-state index in [2.05, 4.69) is 10.3 Å². The molecule has 0 spiro atoms. The summed E-state index contributed by atoms with van der Waals surface area (Å²) in [6, 6.07) is 16.1. The molecule has 6 nitrogen and oxygen atoms in total. The summed E-state index contributed by atoms with van der Waals surface area (Å²) in [5, 5.41) is 12.2. The second-order valence-electron chi connectivity index (χ2n) is 8.87. The van der Waals surface area contributed by atoms with Crippen molar-refractivity contribution in [2.45, 2.75) is 19.0 Å².